The molecule has 2 heterocycles. The molecule has 1 aromatic heterocycles. The van der Waals surface area contributed by atoms with E-state index >= 15 is 0 Å². The first-order valence-electron chi connectivity index (χ1n) is 5.76. The summed E-state index contributed by atoms with van der Waals surface area (Å²) in [4.78, 5) is 24.9. The molecular weight excluding hydrogens is 254 g/mol. The van der Waals surface area contributed by atoms with E-state index in [4.69, 9.17) is 9.84 Å². The summed E-state index contributed by atoms with van der Waals surface area (Å²) in [5.41, 5.74) is -0.483. The maximum atomic E-state index is 10.9. The van der Waals surface area contributed by atoms with Crippen LogP contribution in [0.2, 0.25) is 0 Å². The van der Waals surface area contributed by atoms with Crippen molar-refractivity contribution in [3.05, 3.63) is 27.9 Å². The molecule has 0 spiro atoms. The Balaban J connectivity index is 2.32. The highest BCUT2D eigenvalue weighted by molar-refractivity contribution is 5.86. The van der Waals surface area contributed by atoms with Gasteiger partial charge in [0.25, 0.3) is 0 Å². The normalized spacial score (nSPS) is 22.2. The number of rotatable bonds is 4. The van der Waals surface area contributed by atoms with Crippen molar-refractivity contribution < 1.29 is 19.6 Å². The molecule has 8 heteroatoms. The van der Waals surface area contributed by atoms with Gasteiger partial charge in [-0.3, -0.25) is 10.1 Å². The van der Waals surface area contributed by atoms with Crippen LogP contribution in [0.15, 0.2) is 12.1 Å². The van der Waals surface area contributed by atoms with Crippen molar-refractivity contribution in [3.8, 4) is 0 Å². The summed E-state index contributed by atoms with van der Waals surface area (Å²) in [6.45, 7) is 2.41. The fraction of sp³-hybridized carbons (Fsp3) is 0.455. The average molecular weight is 267 g/mol. The third-order valence-electron chi connectivity index (χ3n) is 2.99. The summed E-state index contributed by atoms with van der Waals surface area (Å²) in [6.07, 6.45) is 0.590. The molecule has 0 bridgehead atoms. The van der Waals surface area contributed by atoms with Crippen molar-refractivity contribution in [1.82, 2.24) is 4.98 Å². The number of hydrogen-bond donors (Lipinski definition) is 2. The lowest BCUT2D eigenvalue weighted by Crippen LogP contribution is -2.27. The number of pyridine rings is 1. The van der Waals surface area contributed by atoms with Gasteiger partial charge in [-0.1, -0.05) is 0 Å². The first kappa shape index (κ1) is 13.2. The van der Waals surface area contributed by atoms with Gasteiger partial charge in [-0.25, -0.2) is 9.78 Å². The van der Waals surface area contributed by atoms with E-state index < -0.39 is 10.9 Å². The van der Waals surface area contributed by atoms with Gasteiger partial charge < -0.3 is 15.2 Å². The zero-order valence-electron chi connectivity index (χ0n) is 10.2. The Morgan fingerprint density at radius 2 is 2.37 bits per heavy atom. The molecule has 8 nitrogen and oxygen atoms in total. The average Bonchev–Trinajstić information content (AvgIpc) is 2.74. The number of hydrogen-bond acceptors (Lipinski definition) is 6. The fourth-order valence-electron chi connectivity index (χ4n) is 1.92. The molecule has 102 valence electrons. The maximum Gasteiger partial charge on any atom is 0.354 e. The van der Waals surface area contributed by atoms with E-state index in [1.165, 1.54) is 0 Å². The van der Waals surface area contributed by atoms with Crippen molar-refractivity contribution in [2.45, 2.75) is 25.5 Å². The summed E-state index contributed by atoms with van der Waals surface area (Å²) in [7, 11) is 0. The minimum atomic E-state index is -1.23. The number of carboxylic acid groups (broad SMARTS) is 1. The molecule has 0 saturated carbocycles. The van der Waals surface area contributed by atoms with Gasteiger partial charge in [0, 0.05) is 12.7 Å². The van der Waals surface area contributed by atoms with Crippen LogP contribution in [0.4, 0.5) is 11.5 Å². The van der Waals surface area contributed by atoms with Gasteiger partial charge in [-0.2, -0.15) is 0 Å². The van der Waals surface area contributed by atoms with Crippen LogP contribution in [0.1, 0.15) is 23.8 Å². The predicted octanol–water partition coefficient (Wildman–Crippen LogP) is 1.28. The molecule has 1 saturated heterocycles. The van der Waals surface area contributed by atoms with Crippen LogP contribution in [-0.2, 0) is 4.74 Å². The molecule has 1 fully saturated rings. The Bertz CT molecular complexity index is 519. The van der Waals surface area contributed by atoms with Crippen LogP contribution >= 0.6 is 0 Å². The third-order valence-corrected chi connectivity index (χ3v) is 2.99. The van der Waals surface area contributed by atoms with Gasteiger partial charge in [0.1, 0.15) is 0 Å². The van der Waals surface area contributed by atoms with E-state index in [9.17, 15) is 14.9 Å². The monoisotopic (exact) mass is 267 g/mol. The van der Waals surface area contributed by atoms with Gasteiger partial charge in [-0.15, -0.1) is 0 Å². The van der Waals surface area contributed by atoms with Crippen molar-refractivity contribution >= 4 is 17.5 Å². The molecule has 2 atom stereocenters. The predicted molar refractivity (Wildman–Crippen MR) is 65.3 cm³/mol. The van der Waals surface area contributed by atoms with E-state index in [2.05, 4.69) is 10.3 Å². The fourth-order valence-corrected chi connectivity index (χ4v) is 1.92. The van der Waals surface area contributed by atoms with Crippen LogP contribution in [0.25, 0.3) is 0 Å². The molecule has 0 radical (unpaired) electrons. The molecule has 0 aromatic carbocycles. The van der Waals surface area contributed by atoms with Gasteiger partial charge >= 0.3 is 11.7 Å². The lowest BCUT2D eigenvalue weighted by atomic mass is 10.1. The van der Waals surface area contributed by atoms with E-state index in [0.717, 1.165) is 12.1 Å². The van der Waals surface area contributed by atoms with E-state index in [-0.39, 0.29) is 29.3 Å². The lowest BCUT2D eigenvalue weighted by Gasteiger charge is -2.16. The van der Waals surface area contributed by atoms with Gasteiger partial charge in [0.15, 0.2) is 5.69 Å². The topological polar surface area (TPSA) is 115 Å². The van der Waals surface area contributed by atoms with E-state index in [0.29, 0.717) is 13.0 Å². The number of aromatic nitrogens is 1. The van der Waals surface area contributed by atoms with Crippen LogP contribution in [0.5, 0.6) is 0 Å². The zero-order chi connectivity index (χ0) is 14.0. The van der Waals surface area contributed by atoms with Crippen molar-refractivity contribution in [3.63, 3.8) is 0 Å². The Labute approximate surface area is 108 Å². The van der Waals surface area contributed by atoms with E-state index in [1.807, 2.05) is 6.92 Å². The highest BCUT2D eigenvalue weighted by Crippen LogP contribution is 2.26. The second kappa shape index (κ2) is 5.19. The molecule has 2 N–H and O–H groups in total. The number of nitrogens with one attached hydrogen (secondary N) is 1. The quantitative estimate of drug-likeness (QED) is 0.623. The van der Waals surface area contributed by atoms with Crippen LogP contribution < -0.4 is 5.32 Å². The Morgan fingerprint density at radius 1 is 1.63 bits per heavy atom. The highest BCUT2D eigenvalue weighted by atomic mass is 16.6. The van der Waals surface area contributed by atoms with Crippen molar-refractivity contribution in [2.75, 3.05) is 11.9 Å². The smallest absolute Gasteiger partial charge is 0.354 e. The molecule has 0 aliphatic carbocycles. The van der Waals surface area contributed by atoms with Crippen molar-refractivity contribution in [2.24, 2.45) is 0 Å². The summed E-state index contributed by atoms with van der Waals surface area (Å²) < 4.78 is 5.34. The first-order valence-corrected chi connectivity index (χ1v) is 5.76. The van der Waals surface area contributed by atoms with Crippen LogP contribution in [0.3, 0.4) is 0 Å². The molecule has 0 amide bonds. The Morgan fingerprint density at radius 3 is 2.89 bits per heavy atom. The summed E-state index contributed by atoms with van der Waals surface area (Å²) in [6, 6.07) is 2.13. The molecular formula is C11H13N3O5. The first-order chi connectivity index (χ1) is 8.99. The SMILES string of the molecule is CC1OCCC1Nc1nc(C(=O)O)ccc1[N+](=O)[O-]. The number of aromatic carboxylic acids is 1. The molecule has 1 aliphatic heterocycles. The summed E-state index contributed by atoms with van der Waals surface area (Å²) >= 11 is 0. The molecule has 1 aliphatic rings. The number of nitrogens with zero attached hydrogens (tertiary/aromatic N) is 2. The summed E-state index contributed by atoms with van der Waals surface area (Å²) in [5, 5.41) is 22.7. The number of carboxylic acids is 1. The minimum Gasteiger partial charge on any atom is -0.477 e. The standard InChI is InChI=1S/C11H13N3O5/c1-6-7(4-5-19-6)12-10-9(14(17)18)3-2-8(13-10)11(15)16/h2-3,6-7H,4-5H2,1H3,(H,12,13)(H,15,16). The molecule has 1 aromatic rings. The maximum absolute atomic E-state index is 10.9. The third kappa shape index (κ3) is 2.79. The number of ether oxygens (including phenoxy) is 1. The second-order valence-corrected chi connectivity index (χ2v) is 4.24. The Hall–Kier alpha value is -2.22. The lowest BCUT2D eigenvalue weighted by molar-refractivity contribution is -0.384. The second-order valence-electron chi connectivity index (χ2n) is 4.24. The van der Waals surface area contributed by atoms with Gasteiger partial charge in [-0.05, 0) is 19.4 Å². The number of anilines is 1. The number of carbonyl (C=O) groups is 1. The van der Waals surface area contributed by atoms with Gasteiger partial charge in [0.2, 0.25) is 5.82 Å². The van der Waals surface area contributed by atoms with E-state index in [1.54, 1.807) is 0 Å². The highest BCUT2D eigenvalue weighted by Gasteiger charge is 2.27. The summed E-state index contributed by atoms with van der Waals surface area (Å²) in [5.74, 6) is -1.26. The number of nitro groups is 1. The van der Waals surface area contributed by atoms with Gasteiger partial charge in [0.05, 0.1) is 17.1 Å². The van der Waals surface area contributed by atoms with Crippen LogP contribution in [-0.4, -0.2) is 39.7 Å². The molecule has 2 rings (SSSR count). The molecule has 19 heavy (non-hydrogen) atoms. The van der Waals surface area contributed by atoms with Crippen molar-refractivity contribution in [1.29, 1.82) is 0 Å². The largest absolute Gasteiger partial charge is 0.477 e. The van der Waals surface area contributed by atoms with Crippen LogP contribution in [0, 0.1) is 10.1 Å². The molecule has 2 unspecified atom stereocenters. The minimum absolute atomic E-state index is 0.0350. The Kier molecular flexibility index (Phi) is 3.61. The zero-order valence-corrected chi connectivity index (χ0v) is 10.2.